The molecule has 1 rings (SSSR count). The summed E-state index contributed by atoms with van der Waals surface area (Å²) in [5, 5.41) is 0. The summed E-state index contributed by atoms with van der Waals surface area (Å²) >= 11 is 4.01. The van der Waals surface area contributed by atoms with Gasteiger partial charge in [-0.05, 0) is 0 Å². The Morgan fingerprint density at radius 1 is 1.69 bits per heavy atom. The van der Waals surface area contributed by atoms with Crippen molar-refractivity contribution in [2.24, 2.45) is 4.99 Å². The summed E-state index contributed by atoms with van der Waals surface area (Å²) in [6.07, 6.45) is 1.54. The van der Waals surface area contributed by atoms with Gasteiger partial charge in [-0.25, -0.2) is 0 Å². The van der Waals surface area contributed by atoms with E-state index < -0.39 is 5.83 Å². The van der Waals surface area contributed by atoms with Gasteiger partial charge in [-0.3, -0.25) is 0 Å². The minimum absolute atomic E-state index is 0.196. The van der Waals surface area contributed by atoms with Crippen LogP contribution in [0.2, 0.25) is 0 Å². The Hall–Kier alpha value is -0.266. The zero-order valence-electron chi connectivity index (χ0n) is 8.65. The quantitative estimate of drug-likeness (QED) is 0.546. The van der Waals surface area contributed by atoms with Gasteiger partial charge in [0, 0.05) is 0 Å². The van der Waals surface area contributed by atoms with E-state index in [1.165, 1.54) is 4.08 Å². The molecule has 1 aliphatic heterocycles. The molecule has 0 saturated carbocycles. The molecule has 0 saturated heterocycles. The molecule has 6 heteroatoms. The van der Waals surface area contributed by atoms with Crippen LogP contribution in [-0.4, -0.2) is 41.4 Å². The fourth-order valence-electron chi connectivity index (χ4n) is 1.27. The van der Waals surface area contributed by atoms with Gasteiger partial charge < -0.3 is 0 Å². The molecule has 1 aliphatic rings. The Bertz CT molecular complexity index is 404. The van der Waals surface area contributed by atoms with E-state index in [1.54, 1.807) is 45.3 Å². The van der Waals surface area contributed by atoms with Gasteiger partial charge in [0.15, 0.2) is 0 Å². The number of aliphatic imine (C=N–C) groups is 1. The van der Waals surface area contributed by atoms with Crippen LogP contribution in [0.3, 0.4) is 0 Å². The molecule has 0 unspecified atom stereocenters. The molecule has 0 fully saturated rings. The number of halogens is 2. The summed E-state index contributed by atoms with van der Waals surface area (Å²) < 4.78 is 16.5. The third-order valence-electron chi connectivity index (χ3n) is 2.10. The van der Waals surface area contributed by atoms with E-state index in [4.69, 9.17) is 0 Å². The summed E-state index contributed by atoms with van der Waals surface area (Å²) in [6, 6.07) is 0. The number of allylic oxidation sites excluding steroid dienone is 2. The number of carbonyl (C=O) groups is 1. The summed E-state index contributed by atoms with van der Waals surface area (Å²) in [7, 11) is 1.69. The van der Waals surface area contributed by atoms with E-state index in [1.807, 2.05) is 0 Å². The molecule has 0 atom stereocenters. The van der Waals surface area contributed by atoms with Crippen LogP contribution in [0, 0.1) is 0 Å². The zero-order valence-corrected chi connectivity index (χ0v) is 12.2. The first-order chi connectivity index (χ1) is 7.61. The molecule has 1 amide bonds. The van der Waals surface area contributed by atoms with Crippen molar-refractivity contribution in [2.45, 2.75) is 0 Å². The van der Waals surface area contributed by atoms with Crippen molar-refractivity contribution < 1.29 is 26.2 Å². The number of carbonyl (C=O) groups excluding carboxylic acids is 1. The van der Waals surface area contributed by atoms with E-state index >= 15 is 0 Å². The Kier molecular flexibility index (Phi) is 5.58. The van der Waals surface area contributed by atoms with E-state index in [2.05, 4.69) is 22.0 Å². The molecule has 0 aromatic carbocycles. The number of hydrogen-bond donors (Lipinski definition) is 0. The van der Waals surface area contributed by atoms with Gasteiger partial charge in [-0.15, -0.1) is 0 Å². The van der Waals surface area contributed by atoms with Crippen LogP contribution < -0.4 is 0 Å². The van der Waals surface area contributed by atoms with Gasteiger partial charge in [-0.1, -0.05) is 0 Å². The van der Waals surface area contributed by atoms with Crippen molar-refractivity contribution in [1.29, 1.82) is 0 Å². The third kappa shape index (κ3) is 3.12. The van der Waals surface area contributed by atoms with Crippen molar-refractivity contribution in [3.8, 4) is 0 Å². The number of rotatable bonds is 3. The third-order valence-corrected chi connectivity index (χ3v) is 2.88. The predicted octanol–water partition coefficient (Wildman–Crippen LogP) is 1.42. The SMILES string of the molecule is CN1CCN=C(/C(=C/[CH]=[V])C(F)=CI)C1=O. The molecule has 0 aliphatic carbocycles. The summed E-state index contributed by atoms with van der Waals surface area (Å²) in [5.41, 5.74) is 0.438. The van der Waals surface area contributed by atoms with Crippen molar-refractivity contribution in [2.75, 3.05) is 20.1 Å². The maximum absolute atomic E-state index is 13.6. The zero-order chi connectivity index (χ0) is 12.1. The van der Waals surface area contributed by atoms with Gasteiger partial charge in [0.2, 0.25) is 0 Å². The van der Waals surface area contributed by atoms with Crippen molar-refractivity contribution >= 4 is 38.9 Å². The van der Waals surface area contributed by atoms with Gasteiger partial charge >= 0.3 is 117 Å². The molecule has 1 heterocycles. The topological polar surface area (TPSA) is 32.7 Å². The van der Waals surface area contributed by atoms with E-state index in [-0.39, 0.29) is 17.2 Å². The second kappa shape index (κ2) is 6.47. The fraction of sp³-hybridized carbons (Fsp3) is 0.300. The second-order valence-corrected chi connectivity index (χ2v) is 4.23. The first-order valence-corrected chi connectivity index (χ1v) is 6.61. The van der Waals surface area contributed by atoms with Crippen LogP contribution in [0.1, 0.15) is 0 Å². The Balaban J connectivity index is 3.14. The monoisotopic (exact) mass is 371 g/mol. The molecule has 16 heavy (non-hydrogen) atoms. The molecule has 0 aromatic heterocycles. The molecule has 0 bridgehead atoms. The van der Waals surface area contributed by atoms with Crippen LogP contribution in [0.4, 0.5) is 4.39 Å². The first kappa shape index (κ1) is 13.8. The van der Waals surface area contributed by atoms with Crippen molar-refractivity contribution in [3.05, 3.63) is 21.6 Å². The van der Waals surface area contributed by atoms with E-state index in [0.29, 0.717) is 13.1 Å². The van der Waals surface area contributed by atoms with Gasteiger partial charge in [0.05, 0.1) is 0 Å². The average Bonchev–Trinajstić information content (AvgIpc) is 2.29. The van der Waals surface area contributed by atoms with Crippen LogP contribution in [0.25, 0.3) is 0 Å². The predicted molar refractivity (Wildman–Crippen MR) is 67.3 cm³/mol. The normalized spacial score (nSPS) is 18.5. The number of nitrogens with zero attached hydrogens (tertiary/aromatic N) is 2. The van der Waals surface area contributed by atoms with E-state index in [9.17, 15) is 9.18 Å². The van der Waals surface area contributed by atoms with Crippen LogP contribution in [-0.2, 0) is 21.8 Å². The van der Waals surface area contributed by atoms with Crippen molar-refractivity contribution in [3.63, 3.8) is 0 Å². The standard InChI is InChI=1S/C10H10FIN2O.V/c1-3-7(8(11)6-12)9-10(15)14(2)5-4-13-9;/h1,3,6H,4-5H2,2H3;/b7-3+,8-6?;. The van der Waals surface area contributed by atoms with Crippen LogP contribution in [0.5, 0.6) is 0 Å². The maximum atomic E-state index is 13.6. The Morgan fingerprint density at radius 3 is 2.94 bits per heavy atom. The van der Waals surface area contributed by atoms with Crippen molar-refractivity contribution in [1.82, 2.24) is 4.90 Å². The molecule has 0 spiro atoms. The van der Waals surface area contributed by atoms with Gasteiger partial charge in [0.1, 0.15) is 0 Å². The number of likely N-dealkylation sites (N-methyl/N-ethyl adjacent to an activating group) is 1. The molecular weight excluding hydrogens is 361 g/mol. The minimum atomic E-state index is -0.440. The Morgan fingerprint density at radius 2 is 2.38 bits per heavy atom. The molecule has 85 valence electrons. The summed E-state index contributed by atoms with van der Waals surface area (Å²) in [5.74, 6) is -0.675. The molecule has 3 nitrogen and oxygen atoms in total. The van der Waals surface area contributed by atoms with Crippen LogP contribution >= 0.6 is 22.6 Å². The molecule has 0 N–H and O–H groups in total. The summed E-state index contributed by atoms with van der Waals surface area (Å²) in [6.45, 7) is 1.10. The first-order valence-electron chi connectivity index (χ1n) is 4.56. The van der Waals surface area contributed by atoms with Crippen LogP contribution in [0.15, 0.2) is 26.6 Å². The van der Waals surface area contributed by atoms with E-state index in [0.717, 1.165) is 0 Å². The molecule has 0 aromatic rings. The van der Waals surface area contributed by atoms with Gasteiger partial charge in [0.25, 0.3) is 0 Å². The summed E-state index contributed by atoms with van der Waals surface area (Å²) in [4.78, 5) is 17.4. The molecular formula is C10H10FIN2OV. The number of hydrogen-bond acceptors (Lipinski definition) is 2. The Labute approximate surface area is 116 Å². The van der Waals surface area contributed by atoms with Gasteiger partial charge in [-0.2, -0.15) is 0 Å². The second-order valence-electron chi connectivity index (χ2n) is 3.14. The molecule has 0 radical (unpaired) electrons. The average molecular weight is 371 g/mol. The fourth-order valence-corrected chi connectivity index (χ4v) is 1.84. The number of amides is 1.